The number of nitrogens with zero attached hydrogens (tertiary/aromatic N) is 1. The van der Waals surface area contributed by atoms with Crippen LogP contribution in [0.15, 0.2) is 23.6 Å². The van der Waals surface area contributed by atoms with Gasteiger partial charge in [0.05, 0.1) is 6.61 Å². The average Bonchev–Trinajstić information content (AvgIpc) is 2.82. The first-order valence-corrected chi connectivity index (χ1v) is 6.08. The van der Waals surface area contributed by atoms with Crippen molar-refractivity contribution in [2.75, 3.05) is 6.61 Å². The maximum absolute atomic E-state index is 13.1. The minimum absolute atomic E-state index is 0.168. The summed E-state index contributed by atoms with van der Waals surface area (Å²) in [7, 11) is 0. The average molecular weight is 269 g/mol. The highest BCUT2D eigenvalue weighted by Gasteiger charge is 2.13. The topological polar surface area (TPSA) is 39.2 Å². The molecule has 18 heavy (non-hydrogen) atoms. The summed E-state index contributed by atoms with van der Waals surface area (Å²) in [6.45, 7) is 1.96. The van der Waals surface area contributed by atoms with Gasteiger partial charge < -0.3 is 4.74 Å². The van der Waals surface area contributed by atoms with Crippen molar-refractivity contribution in [3.63, 3.8) is 0 Å². The van der Waals surface area contributed by atoms with Gasteiger partial charge in [-0.25, -0.2) is 18.6 Å². The maximum Gasteiger partial charge on any atom is 0.357 e. The predicted octanol–water partition coefficient (Wildman–Crippen LogP) is 3.27. The molecule has 6 heteroatoms. The molecule has 0 saturated carbocycles. The Hall–Kier alpha value is -1.82. The van der Waals surface area contributed by atoms with Gasteiger partial charge in [-0.15, -0.1) is 11.3 Å². The molecule has 0 atom stereocenters. The molecule has 0 saturated heterocycles. The fourth-order valence-electron chi connectivity index (χ4n) is 1.33. The van der Waals surface area contributed by atoms with Crippen LogP contribution >= 0.6 is 11.3 Å². The van der Waals surface area contributed by atoms with Crippen LogP contribution in [0, 0.1) is 11.6 Å². The first-order chi connectivity index (χ1) is 8.61. The molecular weight excluding hydrogens is 260 g/mol. The third kappa shape index (κ3) is 2.53. The Bertz CT molecular complexity index is 583. The lowest BCUT2D eigenvalue weighted by molar-refractivity contribution is 0.0520. The Morgan fingerprint density at radius 3 is 2.83 bits per heavy atom. The van der Waals surface area contributed by atoms with Crippen molar-refractivity contribution in [2.45, 2.75) is 6.92 Å². The predicted molar refractivity (Wildman–Crippen MR) is 63.4 cm³/mol. The Labute approximate surface area is 106 Å². The summed E-state index contributed by atoms with van der Waals surface area (Å²) < 4.78 is 30.6. The lowest BCUT2D eigenvalue weighted by atomic mass is 10.2. The minimum Gasteiger partial charge on any atom is -0.461 e. The molecular formula is C12H9F2NO2S. The standard InChI is InChI=1S/C12H9F2NO2S/c1-2-17-12(16)10-6-18-11(15-10)7-3-4-8(13)9(14)5-7/h3-6H,2H2,1H3. The van der Waals surface area contributed by atoms with Crippen molar-refractivity contribution in [3.05, 3.63) is 40.9 Å². The first-order valence-electron chi connectivity index (χ1n) is 5.20. The molecule has 0 fully saturated rings. The molecule has 0 aliphatic heterocycles. The van der Waals surface area contributed by atoms with Crippen LogP contribution in [0.5, 0.6) is 0 Å². The highest BCUT2D eigenvalue weighted by atomic mass is 32.1. The van der Waals surface area contributed by atoms with Gasteiger partial charge in [-0.1, -0.05) is 0 Å². The van der Waals surface area contributed by atoms with Gasteiger partial charge in [-0.05, 0) is 25.1 Å². The lowest BCUT2D eigenvalue weighted by Crippen LogP contribution is -2.04. The zero-order valence-electron chi connectivity index (χ0n) is 9.44. The molecule has 3 nitrogen and oxygen atoms in total. The molecule has 0 radical (unpaired) electrons. The molecule has 0 N–H and O–H groups in total. The molecule has 0 aliphatic rings. The van der Waals surface area contributed by atoms with Crippen molar-refractivity contribution >= 4 is 17.3 Å². The Morgan fingerprint density at radius 1 is 1.39 bits per heavy atom. The first kappa shape index (κ1) is 12.6. The van der Waals surface area contributed by atoms with E-state index in [2.05, 4.69) is 4.98 Å². The van der Waals surface area contributed by atoms with Crippen LogP contribution in [-0.2, 0) is 4.74 Å². The summed E-state index contributed by atoms with van der Waals surface area (Å²) in [5.74, 6) is -2.39. The number of benzene rings is 1. The van der Waals surface area contributed by atoms with E-state index in [-0.39, 0.29) is 12.3 Å². The van der Waals surface area contributed by atoms with Gasteiger partial charge in [0, 0.05) is 10.9 Å². The summed E-state index contributed by atoms with van der Waals surface area (Å²) in [5.41, 5.74) is 0.594. The van der Waals surface area contributed by atoms with Crippen LogP contribution < -0.4 is 0 Å². The molecule has 0 spiro atoms. The van der Waals surface area contributed by atoms with Crippen LogP contribution in [0.25, 0.3) is 10.6 Å². The van der Waals surface area contributed by atoms with Gasteiger partial charge in [0.2, 0.25) is 0 Å². The fraction of sp³-hybridized carbons (Fsp3) is 0.167. The minimum atomic E-state index is -0.944. The number of thiazole rings is 1. The van der Waals surface area contributed by atoms with E-state index in [4.69, 9.17) is 4.74 Å². The number of carbonyl (C=O) groups is 1. The monoisotopic (exact) mass is 269 g/mol. The Balaban J connectivity index is 2.29. The van der Waals surface area contributed by atoms with E-state index < -0.39 is 17.6 Å². The van der Waals surface area contributed by atoms with E-state index in [1.807, 2.05) is 0 Å². The number of hydrogen-bond acceptors (Lipinski definition) is 4. The smallest absolute Gasteiger partial charge is 0.357 e. The summed E-state index contributed by atoms with van der Waals surface area (Å²) in [6, 6.07) is 3.48. The molecule has 2 aromatic rings. The zero-order valence-corrected chi connectivity index (χ0v) is 10.3. The largest absolute Gasteiger partial charge is 0.461 e. The zero-order chi connectivity index (χ0) is 13.1. The van der Waals surface area contributed by atoms with Crippen LogP contribution in [-0.4, -0.2) is 17.6 Å². The van der Waals surface area contributed by atoms with E-state index in [0.29, 0.717) is 10.6 Å². The van der Waals surface area contributed by atoms with E-state index in [9.17, 15) is 13.6 Å². The van der Waals surface area contributed by atoms with E-state index >= 15 is 0 Å². The van der Waals surface area contributed by atoms with Gasteiger partial charge in [0.15, 0.2) is 17.3 Å². The number of carbonyl (C=O) groups excluding carboxylic acids is 1. The molecule has 1 aromatic carbocycles. The Morgan fingerprint density at radius 2 is 2.17 bits per heavy atom. The number of aromatic nitrogens is 1. The van der Waals surface area contributed by atoms with Gasteiger partial charge in [0.1, 0.15) is 5.01 Å². The Kier molecular flexibility index (Phi) is 3.66. The molecule has 94 valence electrons. The van der Waals surface area contributed by atoms with Crippen molar-refractivity contribution in [1.82, 2.24) is 4.98 Å². The molecule has 0 aliphatic carbocycles. The second kappa shape index (κ2) is 5.22. The number of hydrogen-bond donors (Lipinski definition) is 0. The number of rotatable bonds is 3. The van der Waals surface area contributed by atoms with Crippen molar-refractivity contribution < 1.29 is 18.3 Å². The molecule has 0 unspecified atom stereocenters. The SMILES string of the molecule is CCOC(=O)c1csc(-c2ccc(F)c(F)c2)n1. The third-order valence-corrected chi connectivity index (χ3v) is 3.05. The highest BCUT2D eigenvalue weighted by molar-refractivity contribution is 7.13. The van der Waals surface area contributed by atoms with E-state index in [1.54, 1.807) is 6.92 Å². The summed E-state index contributed by atoms with van der Waals surface area (Å²) in [6.07, 6.45) is 0. The van der Waals surface area contributed by atoms with Crippen molar-refractivity contribution in [1.29, 1.82) is 0 Å². The molecule has 0 bridgehead atoms. The summed E-state index contributed by atoms with van der Waals surface area (Å²) in [5, 5.41) is 1.96. The van der Waals surface area contributed by atoms with Crippen molar-refractivity contribution in [2.24, 2.45) is 0 Å². The van der Waals surface area contributed by atoms with Crippen LogP contribution in [0.4, 0.5) is 8.78 Å². The number of esters is 1. The lowest BCUT2D eigenvalue weighted by Gasteiger charge is -1.98. The number of halogens is 2. The van der Waals surface area contributed by atoms with Gasteiger partial charge in [-0.2, -0.15) is 0 Å². The quantitative estimate of drug-likeness (QED) is 0.803. The van der Waals surface area contributed by atoms with Gasteiger partial charge in [0.25, 0.3) is 0 Å². The van der Waals surface area contributed by atoms with E-state index in [1.165, 1.54) is 22.8 Å². The third-order valence-electron chi connectivity index (χ3n) is 2.16. The fourth-order valence-corrected chi connectivity index (χ4v) is 2.12. The van der Waals surface area contributed by atoms with Gasteiger partial charge in [-0.3, -0.25) is 0 Å². The van der Waals surface area contributed by atoms with Crippen molar-refractivity contribution in [3.8, 4) is 10.6 Å². The number of ether oxygens (including phenoxy) is 1. The summed E-state index contributed by atoms with van der Waals surface area (Å²) >= 11 is 1.17. The summed E-state index contributed by atoms with van der Waals surface area (Å²) in [4.78, 5) is 15.4. The van der Waals surface area contributed by atoms with Gasteiger partial charge >= 0.3 is 5.97 Å². The molecule has 2 rings (SSSR count). The molecule has 1 heterocycles. The molecule has 1 aromatic heterocycles. The van der Waals surface area contributed by atoms with Crippen LogP contribution in [0.2, 0.25) is 0 Å². The second-order valence-electron chi connectivity index (χ2n) is 3.39. The van der Waals surface area contributed by atoms with Crippen LogP contribution in [0.1, 0.15) is 17.4 Å². The molecule has 0 amide bonds. The van der Waals surface area contributed by atoms with E-state index in [0.717, 1.165) is 12.1 Å². The van der Waals surface area contributed by atoms with Crippen LogP contribution in [0.3, 0.4) is 0 Å². The highest BCUT2D eigenvalue weighted by Crippen LogP contribution is 2.25. The second-order valence-corrected chi connectivity index (χ2v) is 4.25. The normalized spacial score (nSPS) is 10.4. The maximum atomic E-state index is 13.1.